The first-order valence-corrected chi connectivity index (χ1v) is 5.71. The number of ketones is 1. The molecule has 0 aromatic heterocycles. The van der Waals surface area contributed by atoms with E-state index in [1.807, 2.05) is 30.3 Å². The van der Waals surface area contributed by atoms with Crippen LogP contribution in [0.1, 0.15) is 21.5 Å². The van der Waals surface area contributed by atoms with Crippen LogP contribution in [-0.4, -0.2) is 5.78 Å². The number of carbonyl (C=O) groups is 1. The number of halogens is 1. The van der Waals surface area contributed by atoms with Gasteiger partial charge in [0.25, 0.3) is 0 Å². The van der Waals surface area contributed by atoms with Crippen LogP contribution in [0.15, 0.2) is 54.6 Å². The molecule has 0 aliphatic rings. The Morgan fingerprint density at radius 3 is 2.50 bits per heavy atom. The molecule has 1 nitrogen and oxygen atoms in total. The summed E-state index contributed by atoms with van der Waals surface area (Å²) in [5.74, 6) is -0.537. The van der Waals surface area contributed by atoms with Gasteiger partial charge in [0, 0.05) is 5.56 Å². The smallest absolute Gasteiger partial charge is 0.186 e. The molecule has 0 N–H and O–H groups in total. The number of hydrogen-bond donors (Lipinski definition) is 0. The van der Waals surface area contributed by atoms with Crippen LogP contribution in [0.4, 0.5) is 4.39 Å². The van der Waals surface area contributed by atoms with Crippen LogP contribution >= 0.6 is 0 Å². The zero-order valence-corrected chi connectivity index (χ0v) is 10.1. The topological polar surface area (TPSA) is 17.1 Å². The van der Waals surface area contributed by atoms with Crippen LogP contribution in [0.5, 0.6) is 0 Å². The molecule has 0 atom stereocenters. The number of rotatable bonds is 3. The van der Waals surface area contributed by atoms with E-state index in [0.717, 1.165) is 5.56 Å². The van der Waals surface area contributed by atoms with Gasteiger partial charge in [0.05, 0.1) is 0 Å². The lowest BCUT2D eigenvalue weighted by atomic mass is 10.0. The third kappa shape index (κ3) is 2.72. The molecule has 0 aliphatic heterocycles. The second-order valence-electron chi connectivity index (χ2n) is 4.02. The Morgan fingerprint density at radius 1 is 1.06 bits per heavy atom. The minimum atomic E-state index is -0.353. The fourth-order valence-corrected chi connectivity index (χ4v) is 1.70. The molecule has 0 radical (unpaired) electrons. The number of benzene rings is 2. The highest BCUT2D eigenvalue weighted by molar-refractivity contribution is 6.07. The Bertz CT molecular complexity index is 585. The molecule has 0 unspecified atom stereocenters. The normalized spacial score (nSPS) is 10.8. The van der Waals surface area contributed by atoms with Crippen molar-refractivity contribution in [3.63, 3.8) is 0 Å². The van der Waals surface area contributed by atoms with Crippen molar-refractivity contribution in [2.24, 2.45) is 0 Å². The molecule has 0 heterocycles. The van der Waals surface area contributed by atoms with Crippen LogP contribution in [0.3, 0.4) is 0 Å². The molecule has 0 aliphatic carbocycles. The van der Waals surface area contributed by atoms with Crippen molar-refractivity contribution in [3.8, 4) is 0 Å². The highest BCUT2D eigenvalue weighted by Crippen LogP contribution is 2.14. The summed E-state index contributed by atoms with van der Waals surface area (Å²) in [4.78, 5) is 11.9. The summed E-state index contributed by atoms with van der Waals surface area (Å²) in [6.45, 7) is 1.61. The summed E-state index contributed by atoms with van der Waals surface area (Å²) in [6, 6.07) is 14.1. The predicted molar refractivity (Wildman–Crippen MR) is 70.9 cm³/mol. The van der Waals surface area contributed by atoms with Gasteiger partial charge in [-0.2, -0.15) is 0 Å². The maximum absolute atomic E-state index is 13.3. The van der Waals surface area contributed by atoms with E-state index in [2.05, 4.69) is 0 Å². The van der Waals surface area contributed by atoms with E-state index < -0.39 is 0 Å². The molecule has 2 aromatic carbocycles. The van der Waals surface area contributed by atoms with E-state index >= 15 is 0 Å². The Kier molecular flexibility index (Phi) is 3.68. The van der Waals surface area contributed by atoms with E-state index in [1.165, 1.54) is 12.1 Å². The van der Waals surface area contributed by atoms with Gasteiger partial charge in [-0.1, -0.05) is 48.5 Å². The van der Waals surface area contributed by atoms with Gasteiger partial charge in [-0.15, -0.1) is 0 Å². The lowest BCUT2D eigenvalue weighted by molar-refractivity contribution is 0.104. The lowest BCUT2D eigenvalue weighted by Gasteiger charge is -2.02. The van der Waals surface area contributed by atoms with Gasteiger partial charge in [-0.3, -0.25) is 4.79 Å². The van der Waals surface area contributed by atoms with Crippen LogP contribution < -0.4 is 0 Å². The molecule has 0 amide bonds. The van der Waals surface area contributed by atoms with Crippen LogP contribution in [0, 0.1) is 12.7 Å². The molecular weight excluding hydrogens is 227 g/mol. The maximum Gasteiger partial charge on any atom is 0.186 e. The highest BCUT2D eigenvalue weighted by atomic mass is 19.1. The Balaban J connectivity index is 2.23. The summed E-state index contributed by atoms with van der Waals surface area (Å²) in [7, 11) is 0. The third-order valence-corrected chi connectivity index (χ3v) is 2.76. The summed E-state index contributed by atoms with van der Waals surface area (Å²) in [6.07, 6.45) is 3.20. The zero-order chi connectivity index (χ0) is 13.0. The molecule has 18 heavy (non-hydrogen) atoms. The Morgan fingerprint density at radius 2 is 1.78 bits per heavy atom. The van der Waals surface area contributed by atoms with Gasteiger partial charge in [-0.25, -0.2) is 4.39 Å². The van der Waals surface area contributed by atoms with Crippen LogP contribution in [0.2, 0.25) is 0 Å². The molecule has 0 saturated carbocycles. The largest absolute Gasteiger partial charge is 0.289 e. The summed E-state index contributed by atoms with van der Waals surface area (Å²) in [5, 5.41) is 0. The molecule has 0 saturated heterocycles. The van der Waals surface area contributed by atoms with Gasteiger partial charge in [-0.05, 0) is 30.2 Å². The van der Waals surface area contributed by atoms with Crippen molar-refractivity contribution in [3.05, 3.63) is 77.1 Å². The molecular formula is C16H13FO. The van der Waals surface area contributed by atoms with Gasteiger partial charge in [0.1, 0.15) is 5.82 Å². The maximum atomic E-state index is 13.3. The average molecular weight is 240 g/mol. The Hall–Kier alpha value is -2.22. The summed E-state index contributed by atoms with van der Waals surface area (Å²) < 4.78 is 13.3. The van der Waals surface area contributed by atoms with Crippen molar-refractivity contribution in [2.75, 3.05) is 0 Å². The van der Waals surface area contributed by atoms with Gasteiger partial charge < -0.3 is 0 Å². The van der Waals surface area contributed by atoms with Crippen molar-refractivity contribution in [1.29, 1.82) is 0 Å². The van der Waals surface area contributed by atoms with E-state index in [1.54, 1.807) is 25.1 Å². The number of hydrogen-bond acceptors (Lipinski definition) is 1. The zero-order valence-electron chi connectivity index (χ0n) is 10.1. The first-order valence-electron chi connectivity index (χ1n) is 5.71. The first-order chi connectivity index (χ1) is 8.68. The van der Waals surface area contributed by atoms with Crippen molar-refractivity contribution in [2.45, 2.75) is 6.92 Å². The second-order valence-corrected chi connectivity index (χ2v) is 4.02. The third-order valence-electron chi connectivity index (χ3n) is 2.76. The van der Waals surface area contributed by atoms with E-state index in [0.29, 0.717) is 11.1 Å². The molecule has 0 fully saturated rings. The highest BCUT2D eigenvalue weighted by Gasteiger charge is 2.08. The summed E-state index contributed by atoms with van der Waals surface area (Å²) >= 11 is 0. The fraction of sp³-hybridized carbons (Fsp3) is 0.0625. The second kappa shape index (κ2) is 5.41. The van der Waals surface area contributed by atoms with E-state index in [-0.39, 0.29) is 11.6 Å². The van der Waals surface area contributed by atoms with Gasteiger partial charge >= 0.3 is 0 Å². The standard InChI is InChI=1S/C16H13FO/c1-12-14(8-5-9-15(12)17)16(18)11-10-13-6-3-2-4-7-13/h2-11H,1H3/b11-10+. The van der Waals surface area contributed by atoms with Crippen molar-refractivity contribution < 1.29 is 9.18 Å². The SMILES string of the molecule is Cc1c(F)cccc1C(=O)/C=C/c1ccccc1. The Labute approximate surface area is 106 Å². The molecule has 2 heteroatoms. The van der Waals surface area contributed by atoms with Crippen molar-refractivity contribution >= 4 is 11.9 Å². The van der Waals surface area contributed by atoms with Crippen LogP contribution in [-0.2, 0) is 0 Å². The average Bonchev–Trinajstić information content (AvgIpc) is 2.40. The predicted octanol–water partition coefficient (Wildman–Crippen LogP) is 4.03. The fourth-order valence-electron chi connectivity index (χ4n) is 1.70. The van der Waals surface area contributed by atoms with Gasteiger partial charge in [0.15, 0.2) is 5.78 Å². The first kappa shape index (κ1) is 12.2. The van der Waals surface area contributed by atoms with Crippen molar-refractivity contribution in [1.82, 2.24) is 0 Å². The van der Waals surface area contributed by atoms with E-state index in [4.69, 9.17) is 0 Å². The van der Waals surface area contributed by atoms with Crippen LogP contribution in [0.25, 0.3) is 6.08 Å². The minimum Gasteiger partial charge on any atom is -0.289 e. The van der Waals surface area contributed by atoms with E-state index in [9.17, 15) is 9.18 Å². The number of allylic oxidation sites excluding steroid dienone is 1. The molecule has 90 valence electrons. The minimum absolute atomic E-state index is 0.184. The lowest BCUT2D eigenvalue weighted by Crippen LogP contribution is -1.99. The monoisotopic (exact) mass is 240 g/mol. The molecule has 0 bridgehead atoms. The number of carbonyl (C=O) groups excluding carboxylic acids is 1. The van der Waals surface area contributed by atoms with Gasteiger partial charge in [0.2, 0.25) is 0 Å². The molecule has 0 spiro atoms. The molecule has 2 rings (SSSR count). The molecule has 2 aromatic rings. The quantitative estimate of drug-likeness (QED) is 0.584. The summed E-state index contributed by atoms with van der Waals surface area (Å²) in [5.41, 5.74) is 1.74.